The van der Waals surface area contributed by atoms with E-state index in [1.807, 2.05) is 48.7 Å². The van der Waals surface area contributed by atoms with Gasteiger partial charge in [0.2, 0.25) is 0 Å². The van der Waals surface area contributed by atoms with Crippen molar-refractivity contribution in [3.63, 3.8) is 0 Å². The summed E-state index contributed by atoms with van der Waals surface area (Å²) in [5.41, 5.74) is 0. The van der Waals surface area contributed by atoms with Crippen molar-refractivity contribution in [1.82, 2.24) is 4.98 Å². The van der Waals surface area contributed by atoms with Crippen LogP contribution >= 0.6 is 39.3 Å². The summed E-state index contributed by atoms with van der Waals surface area (Å²) in [6.07, 6.45) is 4.56. The van der Waals surface area contributed by atoms with Crippen LogP contribution in [0, 0.1) is 13.6 Å². The van der Waals surface area contributed by atoms with Crippen molar-refractivity contribution in [1.29, 1.82) is 0 Å². The first-order valence-corrected chi connectivity index (χ1v) is 20.0. The van der Waals surface area contributed by atoms with Crippen LogP contribution in [0.3, 0.4) is 0 Å². The number of H-pyrrole nitrogens is 1. The van der Waals surface area contributed by atoms with Crippen LogP contribution in [-0.2, 0) is 28.7 Å². The maximum absolute atomic E-state index is 9.76. The average molecular weight is 818 g/mol. The number of nitrogens with one attached hydrogen (secondary N) is 1. The fourth-order valence-corrected chi connectivity index (χ4v) is 0.561. The van der Waals surface area contributed by atoms with Crippen LogP contribution in [0.5, 0.6) is 0 Å². The fourth-order valence-electron chi connectivity index (χ4n) is 0.561. The van der Waals surface area contributed by atoms with Crippen LogP contribution in [0.2, 0.25) is 0 Å². The van der Waals surface area contributed by atoms with Gasteiger partial charge in [-0.1, -0.05) is 0 Å². The van der Waals surface area contributed by atoms with Crippen molar-refractivity contribution < 1.29 is 35.3 Å². The van der Waals surface area contributed by atoms with Crippen LogP contribution in [0.4, 0.5) is 6.57 Å². The number of halogens is 4. The molecule has 104 valence electrons. The van der Waals surface area contributed by atoms with Gasteiger partial charge in [-0.05, 0) is 0 Å². The van der Waals surface area contributed by atoms with Gasteiger partial charge in [0.1, 0.15) is 0 Å². The molecule has 0 atom stereocenters. The summed E-state index contributed by atoms with van der Waals surface area (Å²) < 4.78 is 19.5. The van der Waals surface area contributed by atoms with E-state index in [4.69, 9.17) is 0 Å². The third-order valence-electron chi connectivity index (χ3n) is 0.998. The van der Waals surface area contributed by atoms with E-state index in [9.17, 15) is 6.57 Å². The Morgan fingerprint density at radius 2 is 1.59 bits per heavy atom. The number of aromatic amines is 1. The van der Waals surface area contributed by atoms with Crippen LogP contribution in [0.1, 0.15) is 0 Å². The maximum Gasteiger partial charge on any atom is -0.108 e. The normalized spacial score (nSPS) is 7.29. The second-order valence-corrected chi connectivity index (χ2v) is 20.8. The zero-order chi connectivity index (χ0) is 12.5. The van der Waals surface area contributed by atoms with Gasteiger partial charge in [-0.15, -0.1) is 6.20 Å². The van der Waals surface area contributed by atoms with E-state index < -0.39 is 18.4 Å². The number of rotatable bonds is 0. The van der Waals surface area contributed by atoms with E-state index >= 15 is 0 Å². The topological polar surface area (TPSA) is 15.8 Å². The molecule has 7 heteroatoms. The van der Waals surface area contributed by atoms with E-state index in [-0.39, 0.29) is 7.43 Å². The molecular weight excluding hydrogens is 806 g/mol. The first kappa shape index (κ1) is 23.3. The molecular formula is C10H12F2I2NOs2-3. The summed E-state index contributed by atoms with van der Waals surface area (Å²) in [6.45, 7) is 0. The number of hydrogen-bond acceptors (Lipinski definition) is 0. The van der Waals surface area contributed by atoms with Crippen LogP contribution in [0.25, 0.3) is 0 Å². The molecule has 1 N–H and O–H groups in total. The largest absolute Gasteiger partial charge is 0.484 e. The molecule has 0 saturated carbocycles. The molecule has 1 aromatic heterocycles. The van der Waals surface area contributed by atoms with Gasteiger partial charge >= 0.3 is 74.6 Å². The Hall–Kier alpha value is 1.22. The summed E-state index contributed by atoms with van der Waals surface area (Å²) in [7, 11) is 0.357. The van der Waals surface area contributed by atoms with Crippen LogP contribution in [0.15, 0.2) is 48.7 Å². The molecule has 0 aliphatic carbocycles. The van der Waals surface area contributed by atoms with Crippen molar-refractivity contribution >= 4 is 39.3 Å². The molecule has 1 nitrogen and oxygen atoms in total. The SMILES string of the molecule is [CH3-].[F][Os][F].[I][Os][I].[c-]1ccc[nH]1.c1cc[cH-]c1. The molecule has 0 aliphatic heterocycles. The van der Waals surface area contributed by atoms with Crippen molar-refractivity contribution in [2.24, 2.45) is 0 Å². The van der Waals surface area contributed by atoms with Gasteiger partial charge < -0.3 is 12.4 Å². The average Bonchev–Trinajstić information content (AvgIpc) is 3.00. The molecule has 0 unspecified atom stereocenters. The summed E-state index contributed by atoms with van der Waals surface area (Å²) in [4.78, 5) is 2.74. The van der Waals surface area contributed by atoms with E-state index in [2.05, 4.69) is 50.5 Å². The minimum Gasteiger partial charge on any atom is -0.484 e. The van der Waals surface area contributed by atoms with Crippen molar-refractivity contribution in [2.45, 2.75) is 0 Å². The van der Waals surface area contributed by atoms with Gasteiger partial charge in [0.25, 0.3) is 0 Å². The van der Waals surface area contributed by atoms with Crippen molar-refractivity contribution in [3.8, 4) is 0 Å². The zero-order valence-corrected chi connectivity index (χ0v) is 18.2. The van der Waals surface area contributed by atoms with Crippen molar-refractivity contribution in [2.75, 3.05) is 0 Å². The van der Waals surface area contributed by atoms with Crippen LogP contribution in [-0.4, -0.2) is 4.98 Å². The summed E-state index contributed by atoms with van der Waals surface area (Å²) >= 11 is 2.24. The minimum absolute atomic E-state index is 0. The molecule has 0 bridgehead atoms. The first-order valence-electron chi connectivity index (χ1n) is 3.70. The first-order chi connectivity index (χ1) is 7.83. The second kappa shape index (κ2) is 25.9. The van der Waals surface area contributed by atoms with Gasteiger partial charge in [-0.25, -0.2) is 12.1 Å². The fraction of sp³-hybridized carbons (Fsp3) is 0. The molecule has 0 radical (unpaired) electrons. The molecule has 0 fully saturated rings. The molecule has 0 amide bonds. The predicted molar refractivity (Wildman–Crippen MR) is 78.3 cm³/mol. The predicted octanol–water partition coefficient (Wildman–Crippen LogP) is 5.28. The van der Waals surface area contributed by atoms with E-state index in [0.717, 1.165) is 0 Å². The van der Waals surface area contributed by atoms with Gasteiger partial charge in [0, 0.05) is 0 Å². The quantitative estimate of drug-likeness (QED) is 0.276. The molecule has 0 spiro atoms. The molecule has 17 heavy (non-hydrogen) atoms. The van der Waals surface area contributed by atoms with Gasteiger partial charge in [-0.2, -0.15) is 36.5 Å². The Bertz CT molecular complexity index is 192. The van der Waals surface area contributed by atoms with Gasteiger partial charge in [-0.3, -0.25) is 0 Å². The Kier molecular flexibility index (Phi) is 35.6. The number of hydrogen-bond donors (Lipinski definition) is 1. The summed E-state index contributed by atoms with van der Waals surface area (Å²) in [5.74, 6) is 0. The van der Waals surface area contributed by atoms with Gasteiger partial charge in [0.05, 0.1) is 0 Å². The third kappa shape index (κ3) is 31.7. The smallest absolute Gasteiger partial charge is 0.108 e. The molecule has 1 heterocycles. The van der Waals surface area contributed by atoms with Crippen molar-refractivity contribution in [3.05, 3.63) is 62.3 Å². The second-order valence-electron chi connectivity index (χ2n) is 1.88. The van der Waals surface area contributed by atoms with Gasteiger partial charge in [0.15, 0.2) is 0 Å². The maximum atomic E-state index is 9.76. The zero-order valence-electron chi connectivity index (χ0n) is 8.84. The molecule has 1 aromatic carbocycles. The third-order valence-corrected chi connectivity index (χ3v) is 0.998. The molecule has 0 saturated heterocycles. The number of aromatic nitrogens is 1. The molecule has 2 rings (SSSR count). The summed E-state index contributed by atoms with van der Waals surface area (Å²) in [6, 6.07) is 13.7. The van der Waals surface area contributed by atoms with E-state index in [1.54, 1.807) is 0 Å². The standard InChI is InChI=1S/C5H5.C4H4N.CH3.2FH.2HI.2Os/c2*1-2-4-5-3-1;;;;;;;/h1-5H;1-3,5H;1H3;4*1H;;/q3*-1;;;;;2*+2/p-4. The molecule has 2 aromatic rings. The van der Waals surface area contributed by atoms with E-state index in [1.165, 1.54) is 0 Å². The Labute approximate surface area is 140 Å². The van der Waals surface area contributed by atoms with Crippen LogP contribution < -0.4 is 0 Å². The summed E-state index contributed by atoms with van der Waals surface area (Å²) in [5, 5.41) is 0. The monoisotopic (exact) mass is 822 g/mol. The minimum atomic E-state index is -2.58. The van der Waals surface area contributed by atoms with E-state index in [0.29, 0.717) is 10.3 Å². The Morgan fingerprint density at radius 3 is 1.71 bits per heavy atom. The molecule has 0 aliphatic rings. The Morgan fingerprint density at radius 1 is 1.12 bits per heavy atom. The Balaban J connectivity index is -0.000000157.